The summed E-state index contributed by atoms with van der Waals surface area (Å²) < 4.78 is 5.15. The Bertz CT molecular complexity index is 2280. The molecule has 0 fully saturated rings. The molecule has 5 heterocycles. The second-order valence-corrected chi connectivity index (χ2v) is 14.7. The SMILES string of the molecule is CCc1c(C)c2cc3[nH]c(cc4nc(c(CC(=O)OC)c5nc(cc1[nH]2)C(C)=C5C(=O)NCCC(=O)CCC(=O)CCO)C(C(C)C(=O)O)C4C)c(C)c3CC. The highest BCUT2D eigenvalue weighted by Crippen LogP contribution is 2.45. The number of nitrogens with one attached hydrogen (secondary N) is 3. The van der Waals surface area contributed by atoms with Crippen LogP contribution in [-0.4, -0.2) is 79.8 Å². The highest BCUT2D eigenvalue weighted by Gasteiger charge is 2.40. The Morgan fingerprint density at radius 3 is 2.00 bits per heavy atom. The lowest BCUT2D eigenvalue weighted by Crippen LogP contribution is -2.28. The van der Waals surface area contributed by atoms with E-state index in [2.05, 4.69) is 49.0 Å². The number of hydrogen-bond acceptors (Lipinski definition) is 9. The molecule has 0 saturated carbocycles. The molecule has 13 nitrogen and oxygen atoms in total. The van der Waals surface area contributed by atoms with Crippen molar-refractivity contribution < 1.29 is 38.9 Å². The molecular formula is C43H53N5O8. The number of aryl methyl sites for hydroxylation is 4. The van der Waals surface area contributed by atoms with E-state index in [1.807, 2.05) is 19.1 Å². The molecule has 5 rings (SSSR count). The molecule has 0 aliphatic carbocycles. The van der Waals surface area contributed by atoms with Gasteiger partial charge in [0.1, 0.15) is 11.6 Å². The van der Waals surface area contributed by atoms with Gasteiger partial charge in [0.2, 0.25) is 0 Å². The first-order chi connectivity index (χ1) is 26.6. The van der Waals surface area contributed by atoms with Crippen molar-refractivity contribution in [2.45, 2.75) is 105 Å². The third-order valence-electron chi connectivity index (χ3n) is 11.3. The molecule has 0 aromatic carbocycles. The number of aromatic amines is 2. The van der Waals surface area contributed by atoms with Gasteiger partial charge in [-0.05, 0) is 79.6 Å². The average Bonchev–Trinajstić information content (AvgIpc) is 3.85. The van der Waals surface area contributed by atoms with Crippen LogP contribution in [0.3, 0.4) is 0 Å². The van der Waals surface area contributed by atoms with Gasteiger partial charge in [-0.25, -0.2) is 4.98 Å². The number of nitrogens with zero attached hydrogens (tertiary/aromatic N) is 2. The van der Waals surface area contributed by atoms with Crippen LogP contribution in [0.1, 0.15) is 123 Å². The first-order valence-electron chi connectivity index (χ1n) is 19.3. The summed E-state index contributed by atoms with van der Waals surface area (Å²) in [6, 6.07) is 5.94. The number of carbonyl (C=O) groups excluding carboxylic acids is 4. The van der Waals surface area contributed by atoms with Crippen molar-refractivity contribution in [2.24, 2.45) is 5.92 Å². The van der Waals surface area contributed by atoms with Crippen LogP contribution < -0.4 is 5.32 Å². The van der Waals surface area contributed by atoms with Crippen LogP contribution in [0.5, 0.6) is 0 Å². The van der Waals surface area contributed by atoms with Gasteiger partial charge in [-0.2, -0.15) is 0 Å². The van der Waals surface area contributed by atoms with E-state index < -0.39 is 35.6 Å². The van der Waals surface area contributed by atoms with E-state index in [0.29, 0.717) is 29.1 Å². The number of Topliss-reactive ketones (excluding diaryl/α,β-unsaturated/α-hetero) is 2. The van der Waals surface area contributed by atoms with Gasteiger partial charge in [-0.3, -0.25) is 29.0 Å². The summed E-state index contributed by atoms with van der Waals surface area (Å²) in [5, 5.41) is 22.2. The van der Waals surface area contributed by atoms with Gasteiger partial charge < -0.3 is 30.2 Å². The zero-order valence-corrected chi connectivity index (χ0v) is 33.6. The molecule has 2 aliphatic rings. The third-order valence-corrected chi connectivity index (χ3v) is 11.3. The number of ether oxygens (including phenoxy) is 1. The van der Waals surface area contributed by atoms with Gasteiger partial charge >= 0.3 is 11.9 Å². The molecule has 3 atom stereocenters. The van der Waals surface area contributed by atoms with Crippen molar-refractivity contribution in [1.82, 2.24) is 25.3 Å². The second kappa shape index (κ2) is 17.6. The summed E-state index contributed by atoms with van der Waals surface area (Å²) in [6.45, 7) is 13.3. The molecule has 56 heavy (non-hydrogen) atoms. The lowest BCUT2D eigenvalue weighted by atomic mass is 9.79. The molecule has 298 valence electrons. The molecule has 5 N–H and O–H groups in total. The molecular weight excluding hydrogens is 714 g/mol. The van der Waals surface area contributed by atoms with Crippen LogP contribution >= 0.6 is 0 Å². The summed E-state index contributed by atoms with van der Waals surface area (Å²) in [5.74, 6) is -4.62. The molecule has 13 heteroatoms. The Hall–Kier alpha value is -5.43. The van der Waals surface area contributed by atoms with E-state index in [9.17, 15) is 29.1 Å². The van der Waals surface area contributed by atoms with Crippen LogP contribution in [0.2, 0.25) is 0 Å². The van der Waals surface area contributed by atoms with E-state index >= 15 is 0 Å². The van der Waals surface area contributed by atoms with Gasteiger partial charge in [0.25, 0.3) is 5.91 Å². The van der Waals surface area contributed by atoms with Crippen LogP contribution in [-0.2, 0) is 48.0 Å². The topological polar surface area (TPSA) is 204 Å². The van der Waals surface area contributed by atoms with E-state index in [-0.39, 0.29) is 73.7 Å². The number of carbonyl (C=O) groups is 5. The summed E-state index contributed by atoms with van der Waals surface area (Å²) in [4.78, 5) is 82.0. The lowest BCUT2D eigenvalue weighted by Gasteiger charge is -2.22. The lowest BCUT2D eigenvalue weighted by molar-refractivity contribution is -0.142. The Morgan fingerprint density at radius 1 is 0.839 bits per heavy atom. The number of carboxylic acid groups (broad SMARTS) is 1. The minimum absolute atomic E-state index is 0.00180. The number of H-pyrrole nitrogens is 2. The minimum Gasteiger partial charge on any atom is -0.481 e. The van der Waals surface area contributed by atoms with Crippen LogP contribution in [0.25, 0.3) is 33.2 Å². The largest absolute Gasteiger partial charge is 0.481 e. The van der Waals surface area contributed by atoms with Gasteiger partial charge in [-0.15, -0.1) is 0 Å². The molecule has 0 spiro atoms. The number of hydrogen-bond donors (Lipinski definition) is 5. The van der Waals surface area contributed by atoms with Crippen molar-refractivity contribution in [1.29, 1.82) is 0 Å². The number of aliphatic carboxylic acids is 1. The fourth-order valence-electron chi connectivity index (χ4n) is 8.00. The van der Waals surface area contributed by atoms with Crippen LogP contribution in [0, 0.1) is 19.8 Å². The number of methoxy groups -OCH3 is 1. The Kier molecular flexibility index (Phi) is 13.1. The third kappa shape index (κ3) is 8.37. The Morgan fingerprint density at radius 2 is 1.43 bits per heavy atom. The van der Waals surface area contributed by atoms with Crippen molar-refractivity contribution in [2.75, 3.05) is 20.3 Å². The van der Waals surface area contributed by atoms with Crippen LogP contribution in [0.15, 0.2) is 18.2 Å². The van der Waals surface area contributed by atoms with E-state index in [1.165, 1.54) is 7.11 Å². The van der Waals surface area contributed by atoms with Crippen molar-refractivity contribution in [3.8, 4) is 0 Å². The van der Waals surface area contributed by atoms with E-state index in [4.69, 9.17) is 19.8 Å². The predicted molar refractivity (Wildman–Crippen MR) is 214 cm³/mol. The van der Waals surface area contributed by atoms with E-state index in [0.717, 1.165) is 50.7 Å². The number of amides is 1. The highest BCUT2D eigenvalue weighted by atomic mass is 16.5. The first kappa shape index (κ1) is 41.7. The predicted octanol–water partition coefficient (Wildman–Crippen LogP) is 6.12. The van der Waals surface area contributed by atoms with Crippen molar-refractivity contribution in [3.63, 3.8) is 0 Å². The smallest absolute Gasteiger partial charge is 0.310 e. The molecule has 0 radical (unpaired) electrons. The summed E-state index contributed by atoms with van der Waals surface area (Å²) in [7, 11) is 1.26. The first-order valence-corrected chi connectivity index (χ1v) is 19.3. The minimum atomic E-state index is -1.04. The zero-order valence-electron chi connectivity index (χ0n) is 33.6. The van der Waals surface area contributed by atoms with Gasteiger partial charge in [0, 0.05) is 84.0 Å². The number of allylic oxidation sites excluding steroid dienone is 1. The number of ketones is 2. The number of carboxylic acids is 1. The fraction of sp³-hybridized carbons (Fsp3) is 0.465. The normalized spacial score (nSPS) is 15.8. The van der Waals surface area contributed by atoms with Gasteiger partial charge in [0.05, 0.1) is 42.1 Å². The molecule has 1 amide bonds. The quantitative estimate of drug-likeness (QED) is 0.112. The Labute approximate surface area is 326 Å². The number of aliphatic hydroxyl groups is 1. The number of rotatable bonds is 15. The molecule has 3 aromatic rings. The number of esters is 1. The molecule has 0 saturated heterocycles. The molecule has 8 bridgehead atoms. The summed E-state index contributed by atoms with van der Waals surface area (Å²) in [6.07, 6.45) is 1.15. The second-order valence-electron chi connectivity index (χ2n) is 14.7. The highest BCUT2D eigenvalue weighted by molar-refractivity contribution is 6.27. The fourth-order valence-corrected chi connectivity index (χ4v) is 8.00. The molecule has 2 aliphatic heterocycles. The Balaban J connectivity index is 1.83. The molecule has 3 aromatic heterocycles. The monoisotopic (exact) mass is 767 g/mol. The van der Waals surface area contributed by atoms with Crippen molar-refractivity contribution >= 4 is 62.6 Å². The summed E-state index contributed by atoms with van der Waals surface area (Å²) in [5.41, 5.74) is 10.4. The number of fused-ring (bicyclic) bond motifs is 8. The average molecular weight is 768 g/mol. The van der Waals surface area contributed by atoms with Gasteiger partial charge in [-0.1, -0.05) is 27.7 Å². The zero-order chi connectivity index (χ0) is 41.0. The number of aliphatic hydroxyl groups excluding tert-OH is 1. The summed E-state index contributed by atoms with van der Waals surface area (Å²) >= 11 is 0. The van der Waals surface area contributed by atoms with Crippen molar-refractivity contribution in [3.05, 3.63) is 68.8 Å². The van der Waals surface area contributed by atoms with Crippen LogP contribution in [0.4, 0.5) is 0 Å². The number of aromatic nitrogens is 4. The maximum Gasteiger partial charge on any atom is 0.310 e. The maximum absolute atomic E-state index is 14.3. The molecule has 3 unspecified atom stereocenters. The standard InChI is InChI=1S/C43H53N5O8/c1-9-28-21(3)31-18-33-23(5)38(25(7)43(54)55)40(47-33)30(17-37(52)56-8)41-39(42(53)44-15-13-26(50)11-12-27(51)14-16-49)24(6)34(48-41)20-36-29(10-2)22(4)32(46-36)19-35(28)45-31/h18-20,23,25,38,45-46,49H,9-17H2,1-8H3,(H,44,53)(H,54,55). The maximum atomic E-state index is 14.3. The van der Waals surface area contributed by atoms with E-state index in [1.54, 1.807) is 13.8 Å². The van der Waals surface area contributed by atoms with Gasteiger partial charge in [0.15, 0.2) is 0 Å².